The van der Waals surface area contributed by atoms with E-state index in [1.165, 1.54) is 5.56 Å². The molecule has 1 aromatic carbocycles. The molecule has 5 rings (SSSR count). The van der Waals surface area contributed by atoms with E-state index in [4.69, 9.17) is 4.74 Å². The van der Waals surface area contributed by atoms with Crippen LogP contribution in [0.15, 0.2) is 30.3 Å². The average Bonchev–Trinajstić information content (AvgIpc) is 3.26. The predicted molar refractivity (Wildman–Crippen MR) is 144 cm³/mol. The summed E-state index contributed by atoms with van der Waals surface area (Å²) in [6.07, 6.45) is 8.35. The van der Waals surface area contributed by atoms with E-state index in [-0.39, 0.29) is 24.8 Å². The molecule has 3 amide bonds. The van der Waals surface area contributed by atoms with Crippen molar-refractivity contribution in [2.24, 2.45) is 0 Å². The zero-order valence-corrected chi connectivity index (χ0v) is 22.0. The molecule has 0 atom stereocenters. The first-order chi connectivity index (χ1) is 17.5. The van der Waals surface area contributed by atoms with Gasteiger partial charge >= 0.3 is 6.03 Å². The number of amides is 3. The van der Waals surface area contributed by atoms with Gasteiger partial charge in [-0.3, -0.25) is 4.79 Å². The minimum Gasteiger partial charge on any atom is -0.378 e. The number of piperidine rings is 2. The topological polar surface area (TPSA) is 65.1 Å². The van der Waals surface area contributed by atoms with E-state index in [9.17, 15) is 9.59 Å². The van der Waals surface area contributed by atoms with E-state index in [0.29, 0.717) is 32.3 Å². The van der Waals surface area contributed by atoms with Crippen molar-refractivity contribution in [2.45, 2.75) is 69.9 Å². The maximum Gasteiger partial charge on any atom is 0.320 e. The van der Waals surface area contributed by atoms with E-state index >= 15 is 0 Å². The van der Waals surface area contributed by atoms with Crippen LogP contribution < -0.4 is 5.32 Å². The van der Waals surface area contributed by atoms with Gasteiger partial charge in [-0.1, -0.05) is 44.2 Å². The first kappa shape index (κ1) is 25.3. The average molecular weight is 497 g/mol. The highest BCUT2D eigenvalue weighted by Crippen LogP contribution is 2.47. The van der Waals surface area contributed by atoms with Crippen molar-refractivity contribution in [3.05, 3.63) is 41.5 Å². The Balaban J connectivity index is 0.00000320. The molecule has 1 aromatic rings. The summed E-state index contributed by atoms with van der Waals surface area (Å²) in [6, 6.07) is 9.46. The number of nitrogens with zero attached hydrogens (tertiary/aromatic N) is 3. The molecule has 1 aliphatic carbocycles. The highest BCUT2D eigenvalue weighted by atomic mass is 16.5. The van der Waals surface area contributed by atoms with Gasteiger partial charge in [-0.15, -0.1) is 0 Å². The number of allylic oxidation sites excluding steroid dienone is 1. The lowest BCUT2D eigenvalue weighted by Crippen LogP contribution is -2.54. The Morgan fingerprint density at radius 2 is 1.64 bits per heavy atom. The second kappa shape index (κ2) is 10.9. The molecular weight excluding hydrogens is 452 g/mol. The van der Waals surface area contributed by atoms with Gasteiger partial charge in [0.1, 0.15) is 0 Å². The zero-order valence-electron chi connectivity index (χ0n) is 22.0. The molecule has 0 unspecified atom stereocenters. The largest absolute Gasteiger partial charge is 0.378 e. The van der Waals surface area contributed by atoms with Crippen LogP contribution in [0.3, 0.4) is 0 Å². The van der Waals surface area contributed by atoms with Crippen LogP contribution in [0.2, 0.25) is 0 Å². The van der Waals surface area contributed by atoms with Crippen molar-refractivity contribution in [1.82, 2.24) is 20.0 Å². The quantitative estimate of drug-likeness (QED) is 0.672. The Bertz CT molecular complexity index is 973. The summed E-state index contributed by atoms with van der Waals surface area (Å²) in [5.41, 5.74) is 3.26. The van der Waals surface area contributed by atoms with Crippen molar-refractivity contribution >= 4 is 17.5 Å². The number of carbonyl (C=O) groups is 2. The van der Waals surface area contributed by atoms with Crippen molar-refractivity contribution in [2.75, 3.05) is 52.5 Å². The Morgan fingerprint density at radius 3 is 2.31 bits per heavy atom. The van der Waals surface area contributed by atoms with Crippen molar-refractivity contribution in [3.63, 3.8) is 0 Å². The number of ether oxygens (including phenoxy) is 1. The standard InChI is InChI=1S/C29H42N4O3.H2/c1-3-22(4-2)30-27(34)25-21-29(26-8-6-5-7-24(25)26)11-15-31(16-12-29)23-9-13-32(14-10-23)28(35)33-17-19-36-20-18-33;/h5-8,21-23H,3-4,9-20H2,1-2H3,(H,30,34);1H. The van der Waals surface area contributed by atoms with Gasteiger partial charge in [-0.25, -0.2) is 4.79 Å². The lowest BCUT2D eigenvalue weighted by molar-refractivity contribution is -0.116. The molecule has 4 aliphatic rings. The molecule has 198 valence electrons. The van der Waals surface area contributed by atoms with E-state index < -0.39 is 0 Å². The van der Waals surface area contributed by atoms with Gasteiger partial charge < -0.3 is 24.8 Å². The van der Waals surface area contributed by atoms with Crippen LogP contribution in [0, 0.1) is 0 Å². The van der Waals surface area contributed by atoms with Gasteiger partial charge in [0.05, 0.1) is 13.2 Å². The van der Waals surface area contributed by atoms with E-state index in [2.05, 4.69) is 54.4 Å². The fourth-order valence-electron chi connectivity index (χ4n) is 6.61. The molecular formula is C29H44N4O3. The summed E-state index contributed by atoms with van der Waals surface area (Å²) in [4.78, 5) is 32.7. The van der Waals surface area contributed by atoms with Gasteiger partial charge in [0.25, 0.3) is 5.91 Å². The highest BCUT2D eigenvalue weighted by Gasteiger charge is 2.43. The van der Waals surface area contributed by atoms with Crippen LogP contribution in [0.5, 0.6) is 0 Å². The molecule has 1 N–H and O–H groups in total. The lowest BCUT2D eigenvalue weighted by atomic mass is 9.74. The summed E-state index contributed by atoms with van der Waals surface area (Å²) < 4.78 is 5.40. The number of nitrogens with one attached hydrogen (secondary N) is 1. The van der Waals surface area contributed by atoms with Gasteiger partial charge in [0, 0.05) is 50.7 Å². The van der Waals surface area contributed by atoms with Crippen LogP contribution >= 0.6 is 0 Å². The first-order valence-corrected chi connectivity index (χ1v) is 14.0. The van der Waals surface area contributed by atoms with Gasteiger partial charge in [0.15, 0.2) is 0 Å². The highest BCUT2D eigenvalue weighted by molar-refractivity contribution is 6.21. The number of likely N-dealkylation sites (tertiary alicyclic amines) is 2. The van der Waals surface area contributed by atoms with Crippen LogP contribution in [0.25, 0.3) is 5.57 Å². The third-order valence-electron chi connectivity index (χ3n) is 8.96. The Hall–Kier alpha value is -2.38. The fourth-order valence-corrected chi connectivity index (χ4v) is 6.61. The van der Waals surface area contributed by atoms with Gasteiger partial charge in [-0.2, -0.15) is 0 Å². The molecule has 0 radical (unpaired) electrons. The number of fused-ring (bicyclic) bond motifs is 2. The first-order valence-electron chi connectivity index (χ1n) is 14.0. The number of hydrogen-bond acceptors (Lipinski definition) is 4. The lowest BCUT2D eigenvalue weighted by Gasteiger charge is -2.45. The van der Waals surface area contributed by atoms with Gasteiger partial charge in [0.2, 0.25) is 0 Å². The molecule has 0 saturated carbocycles. The summed E-state index contributed by atoms with van der Waals surface area (Å²) in [7, 11) is 0. The van der Waals surface area contributed by atoms with Crippen molar-refractivity contribution in [3.8, 4) is 0 Å². The Morgan fingerprint density at radius 1 is 1.00 bits per heavy atom. The van der Waals surface area contributed by atoms with Crippen LogP contribution in [-0.2, 0) is 14.9 Å². The minimum atomic E-state index is -0.0410. The molecule has 3 heterocycles. The molecule has 3 saturated heterocycles. The van der Waals surface area contributed by atoms with Crippen LogP contribution in [0.4, 0.5) is 4.79 Å². The third kappa shape index (κ3) is 4.92. The predicted octanol–water partition coefficient (Wildman–Crippen LogP) is 3.88. The summed E-state index contributed by atoms with van der Waals surface area (Å²) in [5.74, 6) is 0.0766. The molecule has 3 fully saturated rings. The smallest absolute Gasteiger partial charge is 0.320 e. The van der Waals surface area contributed by atoms with Gasteiger partial charge in [-0.05, 0) is 62.7 Å². The zero-order chi connectivity index (χ0) is 25.1. The number of morpholine rings is 1. The normalized spacial score (nSPS) is 22.6. The Labute approximate surface area is 217 Å². The molecule has 36 heavy (non-hydrogen) atoms. The van der Waals surface area contributed by atoms with Crippen LogP contribution in [-0.4, -0.2) is 91.2 Å². The summed E-state index contributed by atoms with van der Waals surface area (Å²) in [6.45, 7) is 10.7. The molecule has 0 aromatic heterocycles. The summed E-state index contributed by atoms with van der Waals surface area (Å²) >= 11 is 0. The second-order valence-corrected chi connectivity index (χ2v) is 10.9. The SMILES string of the molecule is CCC(CC)NC(=O)C1=CC2(CCN(C3CCN(C(=O)N4CCOCC4)CC3)CC2)c2ccccc21.[HH]. The maximum atomic E-state index is 13.2. The molecule has 3 aliphatic heterocycles. The Kier molecular flexibility index (Phi) is 7.68. The van der Waals surface area contributed by atoms with E-state index in [0.717, 1.165) is 75.8 Å². The van der Waals surface area contributed by atoms with E-state index in [1.54, 1.807) is 0 Å². The number of carbonyl (C=O) groups excluding carboxylic acids is 2. The second-order valence-electron chi connectivity index (χ2n) is 10.9. The van der Waals surface area contributed by atoms with Crippen molar-refractivity contribution < 1.29 is 15.8 Å². The molecule has 0 bridgehead atoms. The molecule has 7 heteroatoms. The summed E-state index contributed by atoms with van der Waals surface area (Å²) in [5, 5.41) is 3.26. The van der Waals surface area contributed by atoms with Crippen molar-refractivity contribution in [1.29, 1.82) is 0 Å². The fraction of sp³-hybridized carbons (Fsp3) is 0.655. The number of hydrogen-bond donors (Lipinski definition) is 1. The number of benzene rings is 1. The number of urea groups is 1. The number of rotatable bonds is 5. The van der Waals surface area contributed by atoms with E-state index in [1.807, 2.05) is 9.80 Å². The minimum absolute atomic E-state index is 0. The molecule has 7 nitrogen and oxygen atoms in total. The maximum absolute atomic E-state index is 13.2. The monoisotopic (exact) mass is 496 g/mol. The molecule has 1 spiro atoms. The third-order valence-corrected chi connectivity index (χ3v) is 8.96. The van der Waals surface area contributed by atoms with Crippen LogP contribution in [0.1, 0.15) is 64.9 Å².